The van der Waals surface area contributed by atoms with Crippen LogP contribution in [0.4, 0.5) is 0 Å². The highest BCUT2D eigenvalue weighted by Crippen LogP contribution is 2.21. The van der Waals surface area contributed by atoms with Gasteiger partial charge in [-0.15, -0.1) is 11.8 Å². The van der Waals surface area contributed by atoms with Crippen molar-refractivity contribution >= 4 is 16.7 Å². The van der Waals surface area contributed by atoms with E-state index in [-0.39, 0.29) is 0 Å². The fourth-order valence-corrected chi connectivity index (χ4v) is 1.74. The standard InChI is InChI=1S/C11H16N2S/c1-4-6-10(14-3)11-12-7-9(5-2)8-13-11/h6-8H,4-5H2,1-3H3/b10-6-. The molecule has 0 bridgehead atoms. The highest BCUT2D eigenvalue weighted by Gasteiger charge is 2.02. The molecule has 1 rings (SSSR count). The largest absolute Gasteiger partial charge is 0.236 e. The van der Waals surface area contributed by atoms with Crippen molar-refractivity contribution in [2.45, 2.75) is 26.7 Å². The van der Waals surface area contributed by atoms with E-state index in [2.05, 4.69) is 36.1 Å². The van der Waals surface area contributed by atoms with Gasteiger partial charge in [-0.1, -0.05) is 19.9 Å². The lowest BCUT2D eigenvalue weighted by Gasteiger charge is -2.02. The van der Waals surface area contributed by atoms with E-state index in [4.69, 9.17) is 0 Å². The van der Waals surface area contributed by atoms with E-state index in [0.29, 0.717) is 0 Å². The zero-order valence-electron chi connectivity index (χ0n) is 8.95. The molecule has 0 aliphatic rings. The van der Waals surface area contributed by atoms with Crippen molar-refractivity contribution in [2.75, 3.05) is 6.26 Å². The summed E-state index contributed by atoms with van der Waals surface area (Å²) >= 11 is 1.70. The number of hydrogen-bond acceptors (Lipinski definition) is 3. The quantitative estimate of drug-likeness (QED) is 0.760. The molecule has 3 heteroatoms. The first-order valence-electron chi connectivity index (χ1n) is 4.87. The summed E-state index contributed by atoms with van der Waals surface area (Å²) in [4.78, 5) is 9.84. The van der Waals surface area contributed by atoms with Crippen LogP contribution in [-0.2, 0) is 6.42 Å². The minimum Gasteiger partial charge on any atom is -0.236 e. The van der Waals surface area contributed by atoms with E-state index in [9.17, 15) is 0 Å². The van der Waals surface area contributed by atoms with Gasteiger partial charge in [0.05, 0.1) is 0 Å². The van der Waals surface area contributed by atoms with Crippen LogP contribution in [0, 0.1) is 0 Å². The second-order valence-corrected chi connectivity index (χ2v) is 3.80. The number of nitrogens with zero attached hydrogens (tertiary/aromatic N) is 2. The number of aryl methyl sites for hydroxylation is 1. The maximum absolute atomic E-state index is 4.34. The van der Waals surface area contributed by atoms with Gasteiger partial charge in [-0.25, -0.2) is 9.97 Å². The number of aromatic nitrogens is 2. The van der Waals surface area contributed by atoms with Crippen LogP contribution in [0.3, 0.4) is 0 Å². The number of thioether (sulfide) groups is 1. The van der Waals surface area contributed by atoms with Crippen molar-refractivity contribution < 1.29 is 0 Å². The fourth-order valence-electron chi connectivity index (χ4n) is 1.12. The lowest BCUT2D eigenvalue weighted by molar-refractivity contribution is 1.03. The van der Waals surface area contributed by atoms with Crippen LogP contribution in [-0.4, -0.2) is 16.2 Å². The minimum atomic E-state index is 0.844. The van der Waals surface area contributed by atoms with Crippen LogP contribution >= 0.6 is 11.8 Å². The molecule has 0 aromatic carbocycles. The van der Waals surface area contributed by atoms with Crippen molar-refractivity contribution in [3.63, 3.8) is 0 Å². The molecule has 0 spiro atoms. The topological polar surface area (TPSA) is 25.8 Å². The van der Waals surface area contributed by atoms with Gasteiger partial charge in [0.2, 0.25) is 0 Å². The molecule has 0 amide bonds. The van der Waals surface area contributed by atoms with Crippen molar-refractivity contribution in [1.29, 1.82) is 0 Å². The first-order chi connectivity index (χ1) is 6.81. The Morgan fingerprint density at radius 3 is 2.43 bits per heavy atom. The second-order valence-electron chi connectivity index (χ2n) is 2.95. The van der Waals surface area contributed by atoms with Gasteiger partial charge in [0, 0.05) is 17.3 Å². The molecule has 0 N–H and O–H groups in total. The number of allylic oxidation sites excluding steroid dienone is 1. The summed E-state index contributed by atoms with van der Waals surface area (Å²) in [6.07, 6.45) is 10.0. The minimum absolute atomic E-state index is 0.844. The molecular weight excluding hydrogens is 192 g/mol. The van der Waals surface area contributed by atoms with Gasteiger partial charge in [0.1, 0.15) is 0 Å². The summed E-state index contributed by atoms with van der Waals surface area (Å²) in [5.41, 5.74) is 1.19. The molecule has 14 heavy (non-hydrogen) atoms. The molecule has 0 aliphatic heterocycles. The molecule has 0 atom stereocenters. The highest BCUT2D eigenvalue weighted by molar-refractivity contribution is 8.07. The third kappa shape index (κ3) is 2.84. The van der Waals surface area contributed by atoms with Crippen LogP contribution in [0.2, 0.25) is 0 Å². The van der Waals surface area contributed by atoms with Gasteiger partial charge in [0.25, 0.3) is 0 Å². The summed E-state index contributed by atoms with van der Waals surface area (Å²) in [6.45, 7) is 4.23. The Bertz CT molecular complexity index is 304. The van der Waals surface area contributed by atoms with E-state index >= 15 is 0 Å². The Morgan fingerprint density at radius 1 is 1.36 bits per heavy atom. The molecule has 0 saturated heterocycles. The van der Waals surface area contributed by atoms with Gasteiger partial charge in [-0.2, -0.15) is 0 Å². The van der Waals surface area contributed by atoms with Crippen LogP contribution in [0.25, 0.3) is 4.91 Å². The maximum atomic E-state index is 4.34. The number of hydrogen-bond donors (Lipinski definition) is 0. The van der Waals surface area contributed by atoms with E-state index in [1.54, 1.807) is 11.8 Å². The van der Waals surface area contributed by atoms with Crippen molar-refractivity contribution in [3.05, 3.63) is 29.9 Å². The summed E-state index contributed by atoms with van der Waals surface area (Å²) in [5.74, 6) is 0.844. The molecule has 0 radical (unpaired) electrons. The van der Waals surface area contributed by atoms with Crippen LogP contribution < -0.4 is 0 Å². The molecule has 0 fully saturated rings. The highest BCUT2D eigenvalue weighted by atomic mass is 32.2. The normalized spacial score (nSPS) is 11.8. The maximum Gasteiger partial charge on any atom is 0.165 e. The van der Waals surface area contributed by atoms with E-state index in [1.165, 1.54) is 5.56 Å². The van der Waals surface area contributed by atoms with Crippen LogP contribution in [0.15, 0.2) is 18.5 Å². The average Bonchev–Trinajstić information content (AvgIpc) is 2.26. The molecule has 1 aromatic heterocycles. The van der Waals surface area contributed by atoms with E-state index < -0.39 is 0 Å². The molecular formula is C11H16N2S. The molecule has 2 nitrogen and oxygen atoms in total. The molecule has 0 aliphatic carbocycles. The van der Waals surface area contributed by atoms with Gasteiger partial charge in [-0.05, 0) is 24.7 Å². The first-order valence-corrected chi connectivity index (χ1v) is 6.09. The Labute approximate surface area is 89.9 Å². The van der Waals surface area contributed by atoms with Crippen molar-refractivity contribution in [2.24, 2.45) is 0 Å². The third-order valence-corrected chi connectivity index (χ3v) is 2.73. The summed E-state index contributed by atoms with van der Waals surface area (Å²) in [7, 11) is 0. The first kappa shape index (κ1) is 11.2. The smallest absolute Gasteiger partial charge is 0.165 e. The molecule has 76 valence electrons. The fraction of sp³-hybridized carbons (Fsp3) is 0.455. The van der Waals surface area contributed by atoms with Gasteiger partial charge in [-0.3, -0.25) is 0 Å². The Kier molecular flexibility index (Phi) is 4.66. The molecule has 0 unspecified atom stereocenters. The van der Waals surface area contributed by atoms with Crippen molar-refractivity contribution in [1.82, 2.24) is 9.97 Å². The van der Waals surface area contributed by atoms with Crippen LogP contribution in [0.5, 0.6) is 0 Å². The second kappa shape index (κ2) is 5.81. The lowest BCUT2D eigenvalue weighted by Crippen LogP contribution is -1.93. The molecule has 1 aromatic rings. The van der Waals surface area contributed by atoms with Gasteiger partial charge >= 0.3 is 0 Å². The van der Waals surface area contributed by atoms with Gasteiger partial charge < -0.3 is 0 Å². The zero-order valence-corrected chi connectivity index (χ0v) is 9.77. The van der Waals surface area contributed by atoms with E-state index in [1.807, 2.05) is 12.4 Å². The lowest BCUT2D eigenvalue weighted by atomic mass is 10.3. The zero-order chi connectivity index (χ0) is 10.4. The third-order valence-electron chi connectivity index (χ3n) is 1.94. The van der Waals surface area contributed by atoms with Crippen molar-refractivity contribution in [3.8, 4) is 0 Å². The predicted molar refractivity (Wildman–Crippen MR) is 63.2 cm³/mol. The summed E-state index contributed by atoms with van der Waals surface area (Å²) in [5, 5.41) is 0. The average molecular weight is 208 g/mol. The molecule has 0 saturated carbocycles. The Hall–Kier alpha value is -0.830. The Morgan fingerprint density at radius 2 is 2.00 bits per heavy atom. The summed E-state index contributed by atoms with van der Waals surface area (Å²) in [6, 6.07) is 0. The monoisotopic (exact) mass is 208 g/mol. The summed E-state index contributed by atoms with van der Waals surface area (Å²) < 4.78 is 0. The molecule has 1 heterocycles. The Balaban J connectivity index is 2.89. The van der Waals surface area contributed by atoms with Crippen LogP contribution in [0.1, 0.15) is 31.7 Å². The number of rotatable bonds is 4. The van der Waals surface area contributed by atoms with E-state index in [0.717, 1.165) is 23.6 Å². The SMILES string of the molecule is CC/C=C(\SC)c1ncc(CC)cn1. The predicted octanol–water partition coefficient (Wildman–Crippen LogP) is 3.15. The van der Waals surface area contributed by atoms with Gasteiger partial charge in [0.15, 0.2) is 5.82 Å².